The summed E-state index contributed by atoms with van der Waals surface area (Å²) >= 11 is 3.22. The van der Waals surface area contributed by atoms with Crippen molar-refractivity contribution in [2.24, 2.45) is 0 Å². The Morgan fingerprint density at radius 1 is 1.06 bits per heavy atom. The van der Waals surface area contributed by atoms with Gasteiger partial charge in [0.15, 0.2) is 0 Å². The summed E-state index contributed by atoms with van der Waals surface area (Å²) in [6.07, 6.45) is 1.01. The SMILES string of the molecule is CCCOCCOCCOC(=O)C(C)(C)Br. The molecule has 0 atom stereocenters. The summed E-state index contributed by atoms with van der Waals surface area (Å²) in [5, 5.41) is 0. The van der Waals surface area contributed by atoms with Crippen LogP contribution in [0.1, 0.15) is 27.2 Å². The van der Waals surface area contributed by atoms with E-state index in [1.165, 1.54) is 0 Å². The lowest BCUT2D eigenvalue weighted by Crippen LogP contribution is -2.27. The van der Waals surface area contributed by atoms with E-state index in [-0.39, 0.29) is 12.6 Å². The summed E-state index contributed by atoms with van der Waals surface area (Å²) in [6, 6.07) is 0. The molecule has 0 amide bonds. The van der Waals surface area contributed by atoms with Gasteiger partial charge in [0.1, 0.15) is 10.9 Å². The van der Waals surface area contributed by atoms with Crippen molar-refractivity contribution in [1.82, 2.24) is 0 Å². The van der Waals surface area contributed by atoms with Crippen LogP contribution in [0.4, 0.5) is 0 Å². The van der Waals surface area contributed by atoms with Gasteiger partial charge in [-0.3, -0.25) is 4.79 Å². The molecule has 0 aromatic carbocycles. The fourth-order valence-electron chi connectivity index (χ4n) is 0.831. The molecule has 5 heteroatoms. The van der Waals surface area contributed by atoms with Crippen LogP contribution in [-0.2, 0) is 19.0 Å². The number of carbonyl (C=O) groups is 1. The Balaban J connectivity index is 3.25. The molecule has 0 N–H and O–H groups in total. The molecule has 0 rings (SSSR count). The van der Waals surface area contributed by atoms with Crippen LogP contribution in [0, 0.1) is 0 Å². The molecule has 0 aliphatic carbocycles. The van der Waals surface area contributed by atoms with Crippen molar-refractivity contribution in [3.05, 3.63) is 0 Å². The summed E-state index contributed by atoms with van der Waals surface area (Å²) in [5.41, 5.74) is 0. The predicted molar refractivity (Wildman–Crippen MR) is 65.9 cm³/mol. The zero-order valence-corrected chi connectivity index (χ0v) is 11.8. The fraction of sp³-hybridized carbons (Fsp3) is 0.909. The topological polar surface area (TPSA) is 44.8 Å². The van der Waals surface area contributed by atoms with E-state index in [9.17, 15) is 4.79 Å². The standard InChI is InChI=1S/C11H21BrO4/c1-4-5-14-6-7-15-8-9-16-10(13)11(2,3)12/h4-9H2,1-3H3. The quantitative estimate of drug-likeness (QED) is 0.371. The third kappa shape index (κ3) is 9.12. The predicted octanol–water partition coefficient (Wildman–Crippen LogP) is 2.15. The van der Waals surface area contributed by atoms with Gasteiger partial charge in [0.05, 0.1) is 19.8 Å². The summed E-state index contributed by atoms with van der Waals surface area (Å²) in [7, 11) is 0. The Kier molecular flexibility index (Phi) is 8.89. The summed E-state index contributed by atoms with van der Waals surface area (Å²) in [5.74, 6) is -0.279. The monoisotopic (exact) mass is 296 g/mol. The second-order valence-electron chi connectivity index (χ2n) is 3.83. The molecule has 96 valence electrons. The van der Waals surface area contributed by atoms with Gasteiger partial charge in [-0.25, -0.2) is 0 Å². The maximum absolute atomic E-state index is 11.3. The van der Waals surface area contributed by atoms with Crippen LogP contribution in [-0.4, -0.2) is 43.3 Å². The third-order valence-electron chi connectivity index (χ3n) is 1.67. The molecule has 0 unspecified atom stereocenters. The van der Waals surface area contributed by atoms with Crippen molar-refractivity contribution in [1.29, 1.82) is 0 Å². The van der Waals surface area contributed by atoms with Crippen molar-refractivity contribution in [2.45, 2.75) is 31.5 Å². The minimum absolute atomic E-state index is 0.279. The summed E-state index contributed by atoms with van der Waals surface area (Å²) in [4.78, 5) is 11.3. The second-order valence-corrected chi connectivity index (χ2v) is 5.82. The first-order valence-corrected chi connectivity index (χ1v) is 6.29. The van der Waals surface area contributed by atoms with Gasteiger partial charge in [-0.1, -0.05) is 22.9 Å². The maximum atomic E-state index is 11.3. The Morgan fingerprint density at radius 2 is 1.56 bits per heavy atom. The van der Waals surface area contributed by atoms with Crippen LogP contribution in [0.25, 0.3) is 0 Å². The van der Waals surface area contributed by atoms with E-state index in [0.29, 0.717) is 19.8 Å². The van der Waals surface area contributed by atoms with Crippen molar-refractivity contribution in [3.8, 4) is 0 Å². The molecule has 16 heavy (non-hydrogen) atoms. The first-order chi connectivity index (χ1) is 7.48. The molecule has 0 aliphatic rings. The van der Waals surface area contributed by atoms with Crippen LogP contribution >= 0.6 is 15.9 Å². The molecule has 0 spiro atoms. The maximum Gasteiger partial charge on any atom is 0.322 e. The third-order valence-corrected chi connectivity index (χ3v) is 1.99. The van der Waals surface area contributed by atoms with E-state index < -0.39 is 4.32 Å². The normalized spacial score (nSPS) is 11.5. The van der Waals surface area contributed by atoms with E-state index in [1.54, 1.807) is 13.8 Å². The Morgan fingerprint density at radius 3 is 2.06 bits per heavy atom. The van der Waals surface area contributed by atoms with Gasteiger partial charge in [-0.2, -0.15) is 0 Å². The number of rotatable bonds is 9. The molecule has 0 fully saturated rings. The highest BCUT2D eigenvalue weighted by Gasteiger charge is 2.24. The van der Waals surface area contributed by atoms with Crippen molar-refractivity contribution in [3.63, 3.8) is 0 Å². The number of esters is 1. The highest BCUT2D eigenvalue weighted by Crippen LogP contribution is 2.17. The van der Waals surface area contributed by atoms with Crippen molar-refractivity contribution < 1.29 is 19.0 Å². The number of carbonyl (C=O) groups excluding carboxylic acids is 1. The van der Waals surface area contributed by atoms with E-state index >= 15 is 0 Å². The number of hydrogen-bond acceptors (Lipinski definition) is 4. The Labute approximate surface area is 106 Å². The van der Waals surface area contributed by atoms with Crippen LogP contribution in [0.5, 0.6) is 0 Å². The lowest BCUT2D eigenvalue weighted by molar-refractivity contribution is -0.147. The first kappa shape index (κ1) is 15.9. The summed E-state index contributed by atoms with van der Waals surface area (Å²) in [6.45, 7) is 8.12. The molecular formula is C11H21BrO4. The lowest BCUT2D eigenvalue weighted by Gasteiger charge is -2.14. The smallest absolute Gasteiger partial charge is 0.322 e. The molecule has 4 nitrogen and oxygen atoms in total. The zero-order chi connectivity index (χ0) is 12.4. The van der Waals surface area contributed by atoms with Crippen molar-refractivity contribution in [2.75, 3.05) is 33.0 Å². The Hall–Kier alpha value is -0.130. The van der Waals surface area contributed by atoms with Gasteiger partial charge in [-0.05, 0) is 20.3 Å². The van der Waals surface area contributed by atoms with E-state index in [4.69, 9.17) is 14.2 Å². The van der Waals surface area contributed by atoms with Gasteiger partial charge in [-0.15, -0.1) is 0 Å². The number of alkyl halides is 1. The Bertz CT molecular complexity index is 189. The van der Waals surface area contributed by atoms with Crippen LogP contribution in [0.3, 0.4) is 0 Å². The molecule has 0 bridgehead atoms. The van der Waals surface area contributed by atoms with Gasteiger partial charge >= 0.3 is 5.97 Å². The molecule has 0 saturated heterocycles. The minimum atomic E-state index is -0.628. The second kappa shape index (κ2) is 8.96. The molecule has 0 radical (unpaired) electrons. The summed E-state index contributed by atoms with van der Waals surface area (Å²) < 4.78 is 14.8. The molecular weight excluding hydrogens is 276 g/mol. The average Bonchev–Trinajstić information content (AvgIpc) is 2.20. The lowest BCUT2D eigenvalue weighted by atomic mass is 10.2. The van der Waals surface area contributed by atoms with Crippen LogP contribution in [0.15, 0.2) is 0 Å². The van der Waals surface area contributed by atoms with Gasteiger partial charge in [0, 0.05) is 6.61 Å². The van der Waals surface area contributed by atoms with E-state index in [1.807, 2.05) is 0 Å². The largest absolute Gasteiger partial charge is 0.462 e. The fourth-order valence-corrected chi connectivity index (χ4v) is 0.946. The molecule has 0 saturated carbocycles. The minimum Gasteiger partial charge on any atom is -0.462 e. The van der Waals surface area contributed by atoms with E-state index in [0.717, 1.165) is 13.0 Å². The average molecular weight is 297 g/mol. The van der Waals surface area contributed by atoms with Gasteiger partial charge < -0.3 is 14.2 Å². The highest BCUT2D eigenvalue weighted by atomic mass is 79.9. The van der Waals surface area contributed by atoms with Gasteiger partial charge in [0.2, 0.25) is 0 Å². The first-order valence-electron chi connectivity index (χ1n) is 5.50. The molecule has 0 aliphatic heterocycles. The number of hydrogen-bond donors (Lipinski definition) is 0. The van der Waals surface area contributed by atoms with Crippen LogP contribution < -0.4 is 0 Å². The van der Waals surface area contributed by atoms with Gasteiger partial charge in [0.25, 0.3) is 0 Å². The molecule has 0 aromatic heterocycles. The number of ether oxygens (including phenoxy) is 3. The van der Waals surface area contributed by atoms with E-state index in [2.05, 4.69) is 22.9 Å². The molecule has 0 aromatic rings. The highest BCUT2D eigenvalue weighted by molar-refractivity contribution is 9.10. The van der Waals surface area contributed by atoms with Crippen LogP contribution in [0.2, 0.25) is 0 Å². The van der Waals surface area contributed by atoms with Crippen molar-refractivity contribution >= 4 is 21.9 Å². The molecule has 0 heterocycles. The number of halogens is 1. The zero-order valence-electron chi connectivity index (χ0n) is 10.3.